The number of hydrogen-bond acceptors (Lipinski definition) is 4. The molecule has 0 aliphatic carbocycles. The van der Waals surface area contributed by atoms with Gasteiger partial charge in [0.2, 0.25) is 15.9 Å². The van der Waals surface area contributed by atoms with Crippen LogP contribution in [0.25, 0.3) is 0 Å². The molecule has 8 heteroatoms. The first kappa shape index (κ1) is 19.8. The average Bonchev–Trinajstić information content (AvgIpc) is 2.68. The lowest BCUT2D eigenvalue weighted by Gasteiger charge is -2.34. The zero-order valence-corrected chi connectivity index (χ0v) is 16.7. The molecule has 2 aliphatic heterocycles. The van der Waals surface area contributed by atoms with Gasteiger partial charge in [-0.05, 0) is 43.0 Å². The van der Waals surface area contributed by atoms with Gasteiger partial charge in [0.1, 0.15) is 0 Å². The Bertz CT molecular complexity index is 791. The van der Waals surface area contributed by atoms with Crippen LogP contribution < -0.4 is 0 Å². The molecule has 7 nitrogen and oxygen atoms in total. The van der Waals surface area contributed by atoms with E-state index in [0.717, 1.165) is 12.8 Å². The number of piperidine rings is 1. The molecule has 2 amide bonds. The highest BCUT2D eigenvalue weighted by Crippen LogP contribution is 2.24. The molecule has 0 N–H and O–H groups in total. The fourth-order valence-electron chi connectivity index (χ4n) is 3.55. The maximum atomic E-state index is 12.8. The molecule has 0 aromatic heterocycles. The molecule has 1 aromatic rings. The first-order valence-corrected chi connectivity index (χ1v) is 10.9. The summed E-state index contributed by atoms with van der Waals surface area (Å²) in [4.78, 5) is 27.7. The lowest BCUT2D eigenvalue weighted by atomic mass is 10.0. The van der Waals surface area contributed by atoms with E-state index in [1.54, 1.807) is 21.9 Å². The minimum Gasteiger partial charge on any atom is -0.339 e. The summed E-state index contributed by atoms with van der Waals surface area (Å²) in [7, 11) is -3.51. The molecule has 2 aliphatic rings. The SMILES string of the molecule is CC(=O)N1CCN(C(=O)c2ccc(S(=O)(=O)N3CCC(C)CC3)cc2)CC1. The van der Waals surface area contributed by atoms with Gasteiger partial charge in [0, 0.05) is 51.8 Å². The van der Waals surface area contributed by atoms with Gasteiger partial charge in [-0.2, -0.15) is 4.31 Å². The van der Waals surface area contributed by atoms with Gasteiger partial charge in [-0.15, -0.1) is 0 Å². The van der Waals surface area contributed by atoms with Crippen molar-refractivity contribution in [3.05, 3.63) is 29.8 Å². The van der Waals surface area contributed by atoms with Gasteiger partial charge in [-0.3, -0.25) is 9.59 Å². The number of piperazine rings is 1. The molecule has 2 fully saturated rings. The van der Waals surface area contributed by atoms with E-state index in [1.807, 2.05) is 0 Å². The van der Waals surface area contributed by atoms with E-state index in [9.17, 15) is 18.0 Å². The summed E-state index contributed by atoms with van der Waals surface area (Å²) in [6, 6.07) is 6.21. The van der Waals surface area contributed by atoms with Gasteiger partial charge in [0.05, 0.1) is 4.90 Å². The first-order valence-electron chi connectivity index (χ1n) is 9.44. The molecule has 27 heavy (non-hydrogen) atoms. The third-order valence-corrected chi connectivity index (χ3v) is 7.41. The van der Waals surface area contributed by atoms with Crippen molar-refractivity contribution in [2.45, 2.75) is 31.6 Å². The van der Waals surface area contributed by atoms with Crippen LogP contribution in [-0.2, 0) is 14.8 Å². The fraction of sp³-hybridized carbons (Fsp3) is 0.579. The van der Waals surface area contributed by atoms with E-state index in [1.165, 1.54) is 23.4 Å². The van der Waals surface area contributed by atoms with E-state index in [4.69, 9.17) is 0 Å². The van der Waals surface area contributed by atoms with Crippen molar-refractivity contribution >= 4 is 21.8 Å². The molecular formula is C19H27N3O4S. The Morgan fingerprint density at radius 1 is 0.889 bits per heavy atom. The van der Waals surface area contributed by atoms with Crippen LogP contribution in [0.15, 0.2) is 29.2 Å². The molecule has 2 saturated heterocycles. The Morgan fingerprint density at radius 3 is 1.93 bits per heavy atom. The van der Waals surface area contributed by atoms with Crippen LogP contribution in [0, 0.1) is 5.92 Å². The predicted octanol–water partition coefficient (Wildman–Crippen LogP) is 1.41. The zero-order chi connectivity index (χ0) is 19.6. The maximum absolute atomic E-state index is 12.8. The molecule has 0 saturated carbocycles. The quantitative estimate of drug-likeness (QED) is 0.778. The average molecular weight is 394 g/mol. The van der Waals surface area contributed by atoms with Crippen molar-refractivity contribution in [2.24, 2.45) is 5.92 Å². The van der Waals surface area contributed by atoms with Gasteiger partial charge >= 0.3 is 0 Å². The van der Waals surface area contributed by atoms with Crippen LogP contribution in [0.4, 0.5) is 0 Å². The van der Waals surface area contributed by atoms with Crippen molar-refractivity contribution in [3.63, 3.8) is 0 Å². The summed E-state index contributed by atoms with van der Waals surface area (Å²) in [5.74, 6) is 0.442. The Kier molecular flexibility index (Phi) is 5.86. The van der Waals surface area contributed by atoms with Gasteiger partial charge in [0.25, 0.3) is 5.91 Å². The van der Waals surface area contributed by atoms with E-state index >= 15 is 0 Å². The molecule has 1 aromatic carbocycles. The summed E-state index contributed by atoms with van der Waals surface area (Å²) in [6.45, 7) is 6.80. The zero-order valence-electron chi connectivity index (χ0n) is 15.9. The van der Waals surface area contributed by atoms with Crippen molar-refractivity contribution in [2.75, 3.05) is 39.3 Å². The van der Waals surface area contributed by atoms with Crippen LogP contribution >= 0.6 is 0 Å². The molecular weight excluding hydrogens is 366 g/mol. The summed E-state index contributed by atoms with van der Waals surface area (Å²) in [5.41, 5.74) is 0.470. The van der Waals surface area contributed by atoms with Crippen LogP contribution in [0.1, 0.15) is 37.0 Å². The van der Waals surface area contributed by atoms with E-state index in [2.05, 4.69) is 6.92 Å². The highest BCUT2D eigenvalue weighted by atomic mass is 32.2. The van der Waals surface area contributed by atoms with Crippen molar-refractivity contribution < 1.29 is 18.0 Å². The van der Waals surface area contributed by atoms with Crippen LogP contribution in [0.3, 0.4) is 0 Å². The number of rotatable bonds is 3. The second-order valence-electron chi connectivity index (χ2n) is 7.41. The van der Waals surface area contributed by atoms with Crippen LogP contribution in [0.5, 0.6) is 0 Å². The Balaban J connectivity index is 1.66. The molecule has 148 valence electrons. The third kappa shape index (κ3) is 4.32. The van der Waals surface area contributed by atoms with Crippen molar-refractivity contribution in [3.8, 4) is 0 Å². The smallest absolute Gasteiger partial charge is 0.253 e. The van der Waals surface area contributed by atoms with E-state index < -0.39 is 10.0 Å². The van der Waals surface area contributed by atoms with Crippen LogP contribution in [0.2, 0.25) is 0 Å². The van der Waals surface area contributed by atoms with Crippen molar-refractivity contribution in [1.29, 1.82) is 0 Å². The lowest BCUT2D eigenvalue weighted by molar-refractivity contribution is -0.130. The highest BCUT2D eigenvalue weighted by molar-refractivity contribution is 7.89. The normalized spacial score (nSPS) is 19.9. The Labute approximate surface area is 161 Å². The number of hydrogen-bond donors (Lipinski definition) is 0. The second kappa shape index (κ2) is 7.98. The number of nitrogens with zero attached hydrogens (tertiary/aromatic N) is 3. The molecule has 0 radical (unpaired) electrons. The second-order valence-corrected chi connectivity index (χ2v) is 9.35. The number of carbonyl (C=O) groups excluding carboxylic acids is 2. The first-order chi connectivity index (χ1) is 12.8. The standard InChI is InChI=1S/C19H27N3O4S/c1-15-7-9-22(10-8-15)27(25,26)18-5-3-17(4-6-18)19(24)21-13-11-20(12-14-21)16(2)23/h3-6,15H,7-14H2,1-2H3. The minimum atomic E-state index is -3.51. The molecule has 0 unspecified atom stereocenters. The molecule has 0 bridgehead atoms. The summed E-state index contributed by atoms with van der Waals surface area (Å²) < 4.78 is 27.1. The van der Waals surface area contributed by atoms with Gasteiger partial charge < -0.3 is 9.80 Å². The Hall–Kier alpha value is -1.93. The van der Waals surface area contributed by atoms with E-state index in [0.29, 0.717) is 50.7 Å². The molecule has 3 rings (SSSR count). The minimum absolute atomic E-state index is 0.0174. The lowest BCUT2D eigenvalue weighted by Crippen LogP contribution is -2.50. The molecule has 0 atom stereocenters. The number of amides is 2. The summed E-state index contributed by atoms with van der Waals surface area (Å²) >= 11 is 0. The summed E-state index contributed by atoms with van der Waals surface area (Å²) in [5, 5.41) is 0. The topological polar surface area (TPSA) is 78.0 Å². The fourth-order valence-corrected chi connectivity index (χ4v) is 5.02. The molecule has 0 spiro atoms. The number of benzene rings is 1. The van der Waals surface area contributed by atoms with Gasteiger partial charge in [0.15, 0.2) is 0 Å². The van der Waals surface area contributed by atoms with Crippen molar-refractivity contribution in [1.82, 2.24) is 14.1 Å². The number of sulfonamides is 1. The van der Waals surface area contributed by atoms with E-state index in [-0.39, 0.29) is 16.7 Å². The molecule has 2 heterocycles. The largest absolute Gasteiger partial charge is 0.339 e. The van der Waals surface area contributed by atoms with Gasteiger partial charge in [-0.25, -0.2) is 8.42 Å². The number of carbonyl (C=O) groups is 2. The summed E-state index contributed by atoms with van der Waals surface area (Å²) in [6.07, 6.45) is 1.75. The maximum Gasteiger partial charge on any atom is 0.253 e. The Morgan fingerprint density at radius 2 is 1.41 bits per heavy atom. The predicted molar refractivity (Wildman–Crippen MR) is 102 cm³/mol. The van der Waals surface area contributed by atoms with Crippen LogP contribution in [-0.4, -0.2) is 73.6 Å². The monoisotopic (exact) mass is 393 g/mol. The highest BCUT2D eigenvalue weighted by Gasteiger charge is 2.28. The third-order valence-electron chi connectivity index (χ3n) is 5.49. The van der Waals surface area contributed by atoms with Gasteiger partial charge in [-0.1, -0.05) is 6.92 Å².